The summed E-state index contributed by atoms with van der Waals surface area (Å²) in [4.78, 5) is 0. The van der Waals surface area contributed by atoms with Crippen LogP contribution < -0.4 is 0 Å². The zero-order valence-electron chi connectivity index (χ0n) is 21.6. The first-order valence-corrected chi connectivity index (χ1v) is 15.9. The number of benzene rings is 1. The molecule has 2 rings (SSSR count). The van der Waals surface area contributed by atoms with Gasteiger partial charge in [-0.1, -0.05) is 89.7 Å². The Morgan fingerprint density at radius 2 is 1.35 bits per heavy atom. The molecule has 3 nitrogen and oxygen atoms in total. The van der Waals surface area contributed by atoms with Gasteiger partial charge in [-0.15, -0.1) is 23.5 Å². The van der Waals surface area contributed by atoms with E-state index >= 15 is 0 Å². The maximum absolute atomic E-state index is 10.8. The number of aryl methyl sites for hydroxylation is 1. The minimum absolute atomic E-state index is 0.0335. The first-order chi connectivity index (χ1) is 16.5. The number of phenols is 1. The molecule has 0 spiro atoms. The van der Waals surface area contributed by atoms with Crippen molar-refractivity contribution in [2.24, 2.45) is 0 Å². The van der Waals surface area contributed by atoms with Crippen molar-refractivity contribution in [3.63, 3.8) is 0 Å². The topological polar surface area (TPSA) is 60.7 Å². The van der Waals surface area contributed by atoms with Crippen LogP contribution in [0, 0.1) is 0 Å². The van der Waals surface area contributed by atoms with Crippen LogP contribution in [0.25, 0.3) is 0 Å². The minimum atomic E-state index is -0.444. The Morgan fingerprint density at radius 1 is 0.794 bits per heavy atom. The fraction of sp³-hybridized carbons (Fsp3) is 0.793. The molecule has 1 aliphatic heterocycles. The molecule has 0 aliphatic carbocycles. The Hall–Kier alpha value is -0.360. The van der Waals surface area contributed by atoms with Gasteiger partial charge in [0, 0.05) is 0 Å². The first-order valence-electron chi connectivity index (χ1n) is 13.9. The van der Waals surface area contributed by atoms with Crippen molar-refractivity contribution in [1.82, 2.24) is 0 Å². The summed E-state index contributed by atoms with van der Waals surface area (Å²) in [5, 5.41) is 30.9. The highest BCUT2D eigenvalue weighted by atomic mass is 32.2. The van der Waals surface area contributed by atoms with Crippen LogP contribution in [-0.2, 0) is 6.42 Å². The van der Waals surface area contributed by atoms with Crippen LogP contribution in [0.5, 0.6) is 5.75 Å². The smallest absolute Gasteiger partial charge is 0.115 e. The lowest BCUT2D eigenvalue weighted by atomic mass is 9.98. The summed E-state index contributed by atoms with van der Waals surface area (Å²) in [6.07, 6.45) is 18.9. The highest BCUT2D eigenvalue weighted by Crippen LogP contribution is 2.49. The number of hydrogen-bond donors (Lipinski definition) is 3. The highest BCUT2D eigenvalue weighted by Gasteiger charge is 2.36. The van der Waals surface area contributed by atoms with E-state index in [-0.39, 0.29) is 10.2 Å². The number of unbranched alkanes of at least 4 members (excludes halogenated alkanes) is 10. The molecule has 196 valence electrons. The van der Waals surface area contributed by atoms with Gasteiger partial charge in [0.25, 0.3) is 0 Å². The van der Waals surface area contributed by atoms with Gasteiger partial charge in [0.1, 0.15) is 5.75 Å². The van der Waals surface area contributed by atoms with Gasteiger partial charge in [-0.05, 0) is 67.7 Å². The van der Waals surface area contributed by atoms with Crippen LogP contribution in [0.3, 0.4) is 0 Å². The number of aromatic hydroxyl groups is 1. The summed E-state index contributed by atoms with van der Waals surface area (Å²) in [6, 6.07) is 7.50. The lowest BCUT2D eigenvalue weighted by Gasteiger charge is -2.38. The molecule has 0 saturated carbocycles. The van der Waals surface area contributed by atoms with E-state index in [0.29, 0.717) is 12.2 Å². The van der Waals surface area contributed by atoms with Crippen molar-refractivity contribution in [1.29, 1.82) is 0 Å². The second-order valence-electron chi connectivity index (χ2n) is 10.2. The van der Waals surface area contributed by atoms with E-state index in [1.54, 1.807) is 12.1 Å². The third-order valence-electron chi connectivity index (χ3n) is 6.98. The van der Waals surface area contributed by atoms with Crippen molar-refractivity contribution in [3.05, 3.63) is 29.8 Å². The summed E-state index contributed by atoms with van der Waals surface area (Å²) in [6.45, 7) is 2.27. The van der Waals surface area contributed by atoms with Gasteiger partial charge in [0.05, 0.1) is 16.3 Å². The van der Waals surface area contributed by atoms with Crippen molar-refractivity contribution in [2.45, 2.75) is 132 Å². The Kier molecular flexibility index (Phi) is 15.8. The largest absolute Gasteiger partial charge is 0.508 e. The molecule has 0 bridgehead atoms. The van der Waals surface area contributed by atoms with Crippen molar-refractivity contribution in [3.8, 4) is 5.75 Å². The molecule has 0 amide bonds. The van der Waals surface area contributed by atoms with Crippen LogP contribution >= 0.6 is 23.5 Å². The molecule has 0 unspecified atom stereocenters. The molecule has 34 heavy (non-hydrogen) atoms. The van der Waals surface area contributed by atoms with Gasteiger partial charge in [0.15, 0.2) is 0 Å². The molecule has 0 radical (unpaired) electrons. The maximum Gasteiger partial charge on any atom is 0.115 e. The number of aliphatic hydroxyl groups excluding tert-OH is 2. The quantitative estimate of drug-likeness (QED) is 0.164. The first kappa shape index (κ1) is 29.9. The molecule has 1 fully saturated rings. The second-order valence-corrected chi connectivity index (χ2v) is 13.4. The fourth-order valence-corrected chi connectivity index (χ4v) is 8.35. The van der Waals surface area contributed by atoms with Crippen LogP contribution in [0.1, 0.15) is 115 Å². The molecule has 1 aromatic rings. The van der Waals surface area contributed by atoms with Crippen LogP contribution in [0.2, 0.25) is 0 Å². The van der Waals surface area contributed by atoms with E-state index in [0.717, 1.165) is 43.6 Å². The SMILES string of the molecule is CCCCCCCCCCCCC[C@H](O)C[C@H](O)CC1(CCc2ccc(O)cc2)SCCCS1. The predicted molar refractivity (Wildman–Crippen MR) is 151 cm³/mol. The average molecular weight is 511 g/mol. The molecular formula is C29H50O3S2. The number of aliphatic hydroxyl groups is 2. The zero-order valence-corrected chi connectivity index (χ0v) is 23.2. The van der Waals surface area contributed by atoms with Gasteiger partial charge in [-0.25, -0.2) is 0 Å². The summed E-state index contributed by atoms with van der Waals surface area (Å²) >= 11 is 3.99. The van der Waals surface area contributed by atoms with Crippen molar-refractivity contribution in [2.75, 3.05) is 11.5 Å². The molecule has 1 aliphatic rings. The Morgan fingerprint density at radius 3 is 1.94 bits per heavy atom. The van der Waals surface area contributed by atoms with Gasteiger partial charge in [-0.2, -0.15) is 0 Å². The molecule has 1 aromatic carbocycles. The zero-order chi connectivity index (χ0) is 24.5. The number of rotatable bonds is 19. The number of hydrogen-bond acceptors (Lipinski definition) is 5. The molecule has 1 saturated heterocycles. The molecule has 2 atom stereocenters. The van der Waals surface area contributed by atoms with E-state index in [2.05, 4.69) is 6.92 Å². The molecule has 5 heteroatoms. The van der Waals surface area contributed by atoms with E-state index in [9.17, 15) is 15.3 Å². The molecule has 0 aromatic heterocycles. The van der Waals surface area contributed by atoms with Crippen molar-refractivity contribution >= 4 is 23.5 Å². The van der Waals surface area contributed by atoms with E-state index in [1.165, 1.54) is 76.2 Å². The van der Waals surface area contributed by atoms with Crippen molar-refractivity contribution < 1.29 is 15.3 Å². The van der Waals surface area contributed by atoms with E-state index < -0.39 is 6.10 Å². The lowest BCUT2D eigenvalue weighted by molar-refractivity contribution is 0.0675. The third kappa shape index (κ3) is 13.1. The summed E-state index contributed by atoms with van der Waals surface area (Å²) < 4.78 is 0.0335. The lowest BCUT2D eigenvalue weighted by Crippen LogP contribution is -2.32. The summed E-state index contributed by atoms with van der Waals surface area (Å²) in [5.41, 5.74) is 1.23. The molecule has 3 N–H and O–H groups in total. The summed E-state index contributed by atoms with van der Waals surface area (Å²) in [5.74, 6) is 2.61. The number of phenolic OH excluding ortho intramolecular Hbond substituents is 1. The Balaban J connectivity index is 1.60. The average Bonchev–Trinajstić information content (AvgIpc) is 2.82. The number of thioether (sulfide) groups is 2. The van der Waals surface area contributed by atoms with Gasteiger partial charge < -0.3 is 15.3 Å². The minimum Gasteiger partial charge on any atom is -0.508 e. The molecular weight excluding hydrogens is 460 g/mol. The predicted octanol–water partition coefficient (Wildman–Crippen LogP) is 8.09. The normalized spacial score (nSPS) is 17.5. The van der Waals surface area contributed by atoms with Crippen LogP contribution in [-0.4, -0.2) is 43.1 Å². The second kappa shape index (κ2) is 18.0. The third-order valence-corrected chi connectivity index (χ3v) is 10.5. The van der Waals surface area contributed by atoms with Gasteiger partial charge in [-0.3, -0.25) is 0 Å². The van der Waals surface area contributed by atoms with E-state index in [4.69, 9.17) is 0 Å². The van der Waals surface area contributed by atoms with Gasteiger partial charge in [0.2, 0.25) is 0 Å². The Bertz CT molecular complexity index is 616. The Labute approximate surface area is 217 Å². The monoisotopic (exact) mass is 510 g/mol. The van der Waals surface area contributed by atoms with Crippen LogP contribution in [0.4, 0.5) is 0 Å². The fourth-order valence-electron chi connectivity index (χ4n) is 4.90. The maximum atomic E-state index is 10.8. The highest BCUT2D eigenvalue weighted by molar-refractivity contribution is 8.18. The van der Waals surface area contributed by atoms with Gasteiger partial charge >= 0.3 is 0 Å². The molecule has 1 heterocycles. The van der Waals surface area contributed by atoms with Crippen LogP contribution in [0.15, 0.2) is 24.3 Å². The van der Waals surface area contributed by atoms with E-state index in [1.807, 2.05) is 35.7 Å². The summed E-state index contributed by atoms with van der Waals surface area (Å²) in [7, 11) is 0. The standard InChI is InChI=1S/C29H50O3S2/c1-2-3-4-5-6-7-8-9-10-11-12-14-27(31)23-28(32)24-29(33-21-13-22-34-29)20-19-25-15-17-26(30)18-16-25/h15-18,27-28,30-32H,2-14,19-24H2,1H3/t27-,28-/m0/s1.